The van der Waals surface area contributed by atoms with Crippen LogP contribution in [0.25, 0.3) is 0 Å². The minimum Gasteiger partial charge on any atom is -0.394 e. The Balaban J connectivity index is 2.10. The third-order valence-electron chi connectivity index (χ3n) is 3.67. The fourth-order valence-corrected chi connectivity index (χ4v) is 3.24. The maximum Gasteiger partial charge on any atom is 0.0626 e. The van der Waals surface area contributed by atoms with Crippen molar-refractivity contribution >= 4 is 11.3 Å². The zero-order chi connectivity index (χ0) is 14.4. The van der Waals surface area contributed by atoms with E-state index in [4.69, 9.17) is 0 Å². The summed E-state index contributed by atoms with van der Waals surface area (Å²) in [7, 11) is 0. The number of benzene rings is 1. The molecular formula is C17H23NOS. The number of aliphatic hydroxyl groups excluding tert-OH is 1. The number of aryl methyl sites for hydroxylation is 1. The summed E-state index contributed by atoms with van der Waals surface area (Å²) in [5.41, 5.74) is 2.48. The number of hydrogen-bond acceptors (Lipinski definition) is 3. The molecular weight excluding hydrogens is 266 g/mol. The van der Waals surface area contributed by atoms with E-state index in [1.54, 1.807) is 11.3 Å². The van der Waals surface area contributed by atoms with Crippen molar-refractivity contribution in [3.63, 3.8) is 0 Å². The maximum absolute atomic E-state index is 9.69. The molecule has 0 saturated heterocycles. The lowest BCUT2D eigenvalue weighted by Crippen LogP contribution is -2.28. The molecule has 0 bridgehead atoms. The van der Waals surface area contributed by atoms with Crippen molar-refractivity contribution in [3.8, 4) is 0 Å². The summed E-state index contributed by atoms with van der Waals surface area (Å²) in [5, 5.41) is 15.4. The molecule has 0 aliphatic rings. The molecule has 0 amide bonds. The van der Waals surface area contributed by atoms with Gasteiger partial charge in [-0.15, -0.1) is 11.3 Å². The molecule has 2 atom stereocenters. The molecule has 1 aromatic carbocycles. The van der Waals surface area contributed by atoms with E-state index in [2.05, 4.69) is 60.9 Å². The van der Waals surface area contributed by atoms with Gasteiger partial charge in [0.2, 0.25) is 0 Å². The normalized spacial score (nSPS) is 14.2. The predicted molar refractivity (Wildman–Crippen MR) is 86.1 cm³/mol. The number of aliphatic hydroxyl groups is 1. The zero-order valence-corrected chi connectivity index (χ0v) is 13.0. The first kappa shape index (κ1) is 15.2. The van der Waals surface area contributed by atoms with E-state index in [0.717, 1.165) is 18.4 Å². The third kappa shape index (κ3) is 3.69. The average molecular weight is 289 g/mol. The topological polar surface area (TPSA) is 32.3 Å². The van der Waals surface area contributed by atoms with Crippen molar-refractivity contribution < 1.29 is 5.11 Å². The molecule has 0 spiro atoms. The van der Waals surface area contributed by atoms with E-state index < -0.39 is 0 Å². The Morgan fingerprint density at radius 3 is 2.35 bits per heavy atom. The number of hydrogen-bond donors (Lipinski definition) is 2. The lowest BCUT2D eigenvalue weighted by molar-refractivity contribution is 0.232. The number of nitrogens with one attached hydrogen (secondary N) is 1. The molecule has 108 valence electrons. The van der Waals surface area contributed by atoms with Gasteiger partial charge in [0.1, 0.15) is 0 Å². The number of thiophene rings is 1. The summed E-state index contributed by atoms with van der Waals surface area (Å²) >= 11 is 1.77. The highest BCUT2D eigenvalue weighted by atomic mass is 32.1. The largest absolute Gasteiger partial charge is 0.394 e. The third-order valence-corrected chi connectivity index (χ3v) is 4.66. The molecule has 0 fully saturated rings. The van der Waals surface area contributed by atoms with Gasteiger partial charge in [0, 0.05) is 10.9 Å². The highest BCUT2D eigenvalue weighted by molar-refractivity contribution is 7.10. The Morgan fingerprint density at radius 2 is 1.85 bits per heavy atom. The van der Waals surface area contributed by atoms with Crippen LogP contribution in [0.2, 0.25) is 0 Å². The molecule has 20 heavy (non-hydrogen) atoms. The number of rotatable bonds is 7. The Bertz CT molecular complexity index is 492. The summed E-state index contributed by atoms with van der Waals surface area (Å²) in [5.74, 6) is 0. The van der Waals surface area contributed by atoms with Crippen LogP contribution in [-0.2, 0) is 6.42 Å². The molecule has 2 nitrogen and oxygen atoms in total. The first-order valence-electron chi connectivity index (χ1n) is 7.27. The molecule has 2 aromatic rings. The Morgan fingerprint density at radius 1 is 1.10 bits per heavy atom. The Hall–Kier alpha value is -1.16. The van der Waals surface area contributed by atoms with Gasteiger partial charge < -0.3 is 10.4 Å². The van der Waals surface area contributed by atoms with Crippen LogP contribution in [0.3, 0.4) is 0 Å². The van der Waals surface area contributed by atoms with Gasteiger partial charge >= 0.3 is 0 Å². The molecule has 1 aromatic heterocycles. The first-order chi connectivity index (χ1) is 9.78. The average Bonchev–Trinajstić information content (AvgIpc) is 3.03. The summed E-state index contributed by atoms with van der Waals surface area (Å²) in [4.78, 5) is 1.33. The smallest absolute Gasteiger partial charge is 0.0626 e. The van der Waals surface area contributed by atoms with Crippen LogP contribution < -0.4 is 5.32 Å². The van der Waals surface area contributed by atoms with Crippen LogP contribution in [0.15, 0.2) is 41.8 Å². The highest BCUT2D eigenvalue weighted by Gasteiger charge is 2.17. The van der Waals surface area contributed by atoms with Gasteiger partial charge in [-0.05, 0) is 35.4 Å². The molecule has 2 N–H and O–H groups in total. The van der Waals surface area contributed by atoms with E-state index >= 15 is 0 Å². The van der Waals surface area contributed by atoms with E-state index in [1.165, 1.54) is 10.4 Å². The van der Waals surface area contributed by atoms with Crippen LogP contribution >= 0.6 is 11.3 Å². The fourth-order valence-electron chi connectivity index (χ4n) is 2.37. The summed E-state index contributed by atoms with van der Waals surface area (Å²) in [6.45, 7) is 4.44. The molecule has 2 unspecified atom stereocenters. The summed E-state index contributed by atoms with van der Waals surface area (Å²) in [6, 6.07) is 13.1. The molecule has 0 saturated carbocycles. The van der Waals surface area contributed by atoms with E-state index in [1.807, 2.05) is 0 Å². The first-order valence-corrected chi connectivity index (χ1v) is 8.15. The summed E-state index contributed by atoms with van der Waals surface area (Å²) in [6.07, 6.45) is 2.06. The van der Waals surface area contributed by atoms with Gasteiger partial charge in [-0.1, -0.05) is 44.2 Å². The second-order valence-corrected chi connectivity index (χ2v) is 5.95. The van der Waals surface area contributed by atoms with Crippen molar-refractivity contribution in [1.29, 1.82) is 0 Å². The van der Waals surface area contributed by atoms with Crippen molar-refractivity contribution in [1.82, 2.24) is 5.32 Å². The van der Waals surface area contributed by atoms with Crippen LogP contribution in [0, 0.1) is 0 Å². The van der Waals surface area contributed by atoms with Crippen molar-refractivity contribution in [2.24, 2.45) is 0 Å². The monoisotopic (exact) mass is 289 g/mol. The van der Waals surface area contributed by atoms with Gasteiger partial charge in [-0.25, -0.2) is 0 Å². The van der Waals surface area contributed by atoms with Crippen LogP contribution in [0.1, 0.15) is 48.4 Å². The quantitative estimate of drug-likeness (QED) is 0.805. The minimum absolute atomic E-state index is 0.00652. The fraction of sp³-hybridized carbons (Fsp3) is 0.412. The standard InChI is InChI=1S/C17H23NOS/c1-3-13-7-9-14(10-8-13)16(12-19)18-15(4-2)17-6-5-11-20-17/h5-11,15-16,18-19H,3-4,12H2,1-2H3. The molecule has 3 heteroatoms. The maximum atomic E-state index is 9.69. The van der Waals surface area contributed by atoms with Gasteiger partial charge in [0.15, 0.2) is 0 Å². The highest BCUT2D eigenvalue weighted by Crippen LogP contribution is 2.25. The van der Waals surface area contributed by atoms with Crippen molar-refractivity contribution in [2.45, 2.75) is 38.8 Å². The predicted octanol–water partition coefficient (Wildman–Crippen LogP) is 4.08. The Kier molecular flexibility index (Phi) is 5.77. The second-order valence-electron chi connectivity index (χ2n) is 4.97. The van der Waals surface area contributed by atoms with Gasteiger partial charge in [-0.3, -0.25) is 0 Å². The van der Waals surface area contributed by atoms with Crippen LogP contribution in [0.4, 0.5) is 0 Å². The second kappa shape index (κ2) is 7.58. The summed E-state index contributed by atoms with van der Waals surface area (Å²) < 4.78 is 0. The van der Waals surface area contributed by atoms with Gasteiger partial charge in [-0.2, -0.15) is 0 Å². The molecule has 0 aliphatic heterocycles. The van der Waals surface area contributed by atoms with Crippen molar-refractivity contribution in [2.75, 3.05) is 6.61 Å². The molecule has 1 heterocycles. The molecule has 0 aliphatic carbocycles. The minimum atomic E-state index is -0.00652. The van der Waals surface area contributed by atoms with Crippen LogP contribution in [-0.4, -0.2) is 11.7 Å². The van der Waals surface area contributed by atoms with Crippen molar-refractivity contribution in [3.05, 3.63) is 57.8 Å². The zero-order valence-electron chi connectivity index (χ0n) is 12.2. The van der Waals surface area contributed by atoms with Gasteiger partial charge in [0.25, 0.3) is 0 Å². The molecule has 2 rings (SSSR count). The van der Waals surface area contributed by atoms with E-state index in [-0.39, 0.29) is 12.6 Å². The van der Waals surface area contributed by atoms with Crippen LogP contribution in [0.5, 0.6) is 0 Å². The lowest BCUT2D eigenvalue weighted by atomic mass is 10.0. The Labute approximate surface area is 125 Å². The lowest BCUT2D eigenvalue weighted by Gasteiger charge is -2.23. The van der Waals surface area contributed by atoms with Gasteiger partial charge in [0.05, 0.1) is 12.6 Å². The van der Waals surface area contributed by atoms with E-state index in [0.29, 0.717) is 6.04 Å². The van der Waals surface area contributed by atoms with E-state index in [9.17, 15) is 5.11 Å². The molecule has 0 radical (unpaired) electrons. The SMILES string of the molecule is CCc1ccc(C(CO)NC(CC)c2cccs2)cc1.